The number of hydrogen-bond acceptors (Lipinski definition) is 0. The van der Waals surface area contributed by atoms with Gasteiger partial charge in [-0.15, -0.1) is 0 Å². The van der Waals surface area contributed by atoms with Gasteiger partial charge in [0.2, 0.25) is 0 Å². The first kappa shape index (κ1) is 9.93. The Morgan fingerprint density at radius 3 is 2.33 bits per heavy atom. The molecule has 2 unspecified atom stereocenters. The van der Waals surface area contributed by atoms with E-state index in [1.54, 1.807) is 12.8 Å². The summed E-state index contributed by atoms with van der Waals surface area (Å²) in [5.74, 6) is 3.32. The quantitative estimate of drug-likeness (QED) is 0.543. The molecule has 0 heterocycles. The largest absolute Gasteiger partial charge is 0.0850 e. The molecule has 0 nitrogen and oxygen atoms in total. The summed E-state index contributed by atoms with van der Waals surface area (Å²) in [5.41, 5.74) is 1.88. The van der Waals surface area contributed by atoms with Gasteiger partial charge in [-0.3, -0.25) is 0 Å². The summed E-state index contributed by atoms with van der Waals surface area (Å²) >= 11 is 0. The lowest BCUT2D eigenvalue weighted by atomic mass is 9.95. The molecule has 3 aliphatic carbocycles. The molecule has 3 aliphatic rings. The molecule has 0 spiro atoms. The molecular weight excluding hydrogens is 180 g/mol. The average molecular weight is 204 g/mol. The fourth-order valence-electron chi connectivity index (χ4n) is 4.06. The van der Waals surface area contributed by atoms with Crippen molar-refractivity contribution in [2.45, 2.75) is 64.2 Å². The van der Waals surface area contributed by atoms with E-state index in [0.29, 0.717) is 0 Å². The molecule has 0 amide bonds. The molecule has 84 valence electrons. The van der Waals surface area contributed by atoms with Crippen molar-refractivity contribution in [3.05, 3.63) is 11.6 Å². The summed E-state index contributed by atoms with van der Waals surface area (Å²) in [6.45, 7) is 0. The molecule has 2 fully saturated rings. The maximum absolute atomic E-state index is 2.63. The van der Waals surface area contributed by atoms with Gasteiger partial charge in [-0.25, -0.2) is 0 Å². The molecule has 0 aromatic carbocycles. The molecule has 2 saturated carbocycles. The predicted molar refractivity (Wildman–Crippen MR) is 64.7 cm³/mol. The molecule has 0 N–H and O–H groups in total. The van der Waals surface area contributed by atoms with Crippen LogP contribution < -0.4 is 0 Å². The van der Waals surface area contributed by atoms with Crippen molar-refractivity contribution in [1.82, 2.24) is 0 Å². The van der Waals surface area contributed by atoms with Gasteiger partial charge >= 0.3 is 0 Å². The molecule has 0 bridgehead atoms. The van der Waals surface area contributed by atoms with E-state index in [4.69, 9.17) is 0 Å². The molecule has 0 radical (unpaired) electrons. The number of allylic oxidation sites excluding steroid dienone is 2. The summed E-state index contributed by atoms with van der Waals surface area (Å²) in [5, 5.41) is 0. The minimum Gasteiger partial charge on any atom is -0.0850 e. The van der Waals surface area contributed by atoms with Gasteiger partial charge in [-0.2, -0.15) is 0 Å². The lowest BCUT2D eigenvalue weighted by Crippen LogP contribution is -1.94. The highest BCUT2D eigenvalue weighted by Crippen LogP contribution is 2.59. The van der Waals surface area contributed by atoms with Crippen LogP contribution >= 0.6 is 0 Å². The van der Waals surface area contributed by atoms with Crippen LogP contribution in [0.15, 0.2) is 11.6 Å². The van der Waals surface area contributed by atoms with Crippen molar-refractivity contribution in [3.63, 3.8) is 0 Å². The van der Waals surface area contributed by atoms with Crippen LogP contribution in [0.5, 0.6) is 0 Å². The normalized spacial score (nSPS) is 41.1. The van der Waals surface area contributed by atoms with Gasteiger partial charge in [0.15, 0.2) is 0 Å². The number of rotatable bonds is 1. The second-order valence-electron chi connectivity index (χ2n) is 5.87. The van der Waals surface area contributed by atoms with Gasteiger partial charge < -0.3 is 0 Å². The third-order valence-electron chi connectivity index (χ3n) is 4.91. The van der Waals surface area contributed by atoms with E-state index in [1.807, 2.05) is 5.57 Å². The first-order valence-corrected chi connectivity index (χ1v) is 7.16. The van der Waals surface area contributed by atoms with Crippen LogP contribution in [0, 0.1) is 17.8 Å². The Morgan fingerprint density at radius 1 is 0.800 bits per heavy atom. The van der Waals surface area contributed by atoms with Crippen molar-refractivity contribution in [2.24, 2.45) is 17.8 Å². The Kier molecular flexibility index (Phi) is 2.86. The summed E-state index contributed by atoms with van der Waals surface area (Å²) in [7, 11) is 0. The third kappa shape index (κ3) is 2.00. The molecule has 0 saturated heterocycles. The fourth-order valence-corrected chi connectivity index (χ4v) is 4.06. The maximum Gasteiger partial charge on any atom is -0.0141 e. The highest BCUT2D eigenvalue weighted by molar-refractivity contribution is 5.20. The monoisotopic (exact) mass is 204 g/mol. The molecule has 15 heavy (non-hydrogen) atoms. The second kappa shape index (κ2) is 4.31. The smallest absolute Gasteiger partial charge is 0.0141 e. The van der Waals surface area contributed by atoms with Gasteiger partial charge in [0.05, 0.1) is 0 Å². The van der Waals surface area contributed by atoms with Crippen LogP contribution in [-0.2, 0) is 0 Å². The van der Waals surface area contributed by atoms with E-state index in [9.17, 15) is 0 Å². The topological polar surface area (TPSA) is 0 Å². The highest BCUT2D eigenvalue weighted by atomic mass is 14.6. The van der Waals surface area contributed by atoms with Crippen LogP contribution in [0.1, 0.15) is 64.2 Å². The highest BCUT2D eigenvalue weighted by Gasteiger charge is 2.51. The van der Waals surface area contributed by atoms with Gasteiger partial charge in [-0.1, -0.05) is 37.3 Å². The maximum atomic E-state index is 2.63. The minimum absolute atomic E-state index is 1.06. The van der Waals surface area contributed by atoms with Gasteiger partial charge in [0, 0.05) is 0 Å². The lowest BCUT2D eigenvalue weighted by molar-refractivity contribution is 0.480. The molecular formula is C15H24. The standard InChI is InChI=1S/C15H24/c1-2-4-8-12(9-5-3-1)15-13-10-6-7-11-14(13)15/h8,13-15H,1-7,9-11H2. The minimum atomic E-state index is 1.06. The first-order chi connectivity index (χ1) is 7.47. The van der Waals surface area contributed by atoms with E-state index in [1.165, 1.54) is 51.4 Å². The molecule has 3 rings (SSSR count). The number of fused-ring (bicyclic) bond motifs is 1. The first-order valence-electron chi connectivity index (χ1n) is 7.16. The molecule has 2 atom stereocenters. The van der Waals surface area contributed by atoms with E-state index in [-0.39, 0.29) is 0 Å². The van der Waals surface area contributed by atoms with E-state index in [2.05, 4.69) is 6.08 Å². The van der Waals surface area contributed by atoms with Gasteiger partial charge in [-0.05, 0) is 56.3 Å². The zero-order valence-corrected chi connectivity index (χ0v) is 9.88. The van der Waals surface area contributed by atoms with Crippen molar-refractivity contribution in [1.29, 1.82) is 0 Å². The summed E-state index contributed by atoms with van der Waals surface area (Å²) in [4.78, 5) is 0. The molecule has 0 aliphatic heterocycles. The summed E-state index contributed by atoms with van der Waals surface area (Å²) in [6.07, 6.45) is 17.5. The van der Waals surface area contributed by atoms with Crippen molar-refractivity contribution in [2.75, 3.05) is 0 Å². The average Bonchev–Trinajstić information content (AvgIpc) is 2.92. The van der Waals surface area contributed by atoms with Crippen molar-refractivity contribution < 1.29 is 0 Å². The SMILES string of the molecule is C1=C(C2C3CCCCC32)CCCCCC1. The van der Waals surface area contributed by atoms with Crippen LogP contribution in [-0.4, -0.2) is 0 Å². The fraction of sp³-hybridized carbons (Fsp3) is 0.867. The zero-order chi connectivity index (χ0) is 10.1. The van der Waals surface area contributed by atoms with Crippen LogP contribution in [0.2, 0.25) is 0 Å². The van der Waals surface area contributed by atoms with E-state index >= 15 is 0 Å². The van der Waals surface area contributed by atoms with Gasteiger partial charge in [0.25, 0.3) is 0 Å². The van der Waals surface area contributed by atoms with Crippen LogP contribution in [0.3, 0.4) is 0 Å². The molecule has 0 heteroatoms. The van der Waals surface area contributed by atoms with Crippen molar-refractivity contribution in [3.8, 4) is 0 Å². The Labute approximate surface area is 94.1 Å². The second-order valence-corrected chi connectivity index (χ2v) is 5.87. The molecule has 0 aromatic heterocycles. The zero-order valence-electron chi connectivity index (χ0n) is 9.88. The Balaban J connectivity index is 1.65. The van der Waals surface area contributed by atoms with Crippen molar-refractivity contribution >= 4 is 0 Å². The van der Waals surface area contributed by atoms with Crippen LogP contribution in [0.4, 0.5) is 0 Å². The van der Waals surface area contributed by atoms with E-state index < -0.39 is 0 Å². The third-order valence-corrected chi connectivity index (χ3v) is 4.91. The Hall–Kier alpha value is -0.260. The Bertz CT molecular complexity index is 239. The lowest BCUT2D eigenvalue weighted by Gasteiger charge is -2.11. The summed E-state index contributed by atoms with van der Waals surface area (Å²) in [6, 6.07) is 0. The predicted octanol–water partition coefficient (Wildman–Crippen LogP) is 4.70. The number of hydrogen-bond donors (Lipinski definition) is 0. The summed E-state index contributed by atoms with van der Waals surface area (Å²) < 4.78 is 0. The van der Waals surface area contributed by atoms with Crippen LogP contribution in [0.25, 0.3) is 0 Å². The Morgan fingerprint density at radius 2 is 1.53 bits per heavy atom. The van der Waals surface area contributed by atoms with E-state index in [0.717, 1.165) is 17.8 Å². The van der Waals surface area contributed by atoms with Gasteiger partial charge in [0.1, 0.15) is 0 Å². The molecule has 0 aromatic rings.